The number of ether oxygens (including phenoxy) is 1. The summed E-state index contributed by atoms with van der Waals surface area (Å²) in [6.45, 7) is 5.39. The highest BCUT2D eigenvalue weighted by Crippen LogP contribution is 2.18. The Balaban J connectivity index is 0. The van der Waals surface area contributed by atoms with Gasteiger partial charge in [0.1, 0.15) is 6.10 Å². The summed E-state index contributed by atoms with van der Waals surface area (Å²) >= 11 is 0. The number of nitrogens with one attached hydrogen (secondary N) is 1. The van der Waals surface area contributed by atoms with Gasteiger partial charge in [-0.3, -0.25) is 4.79 Å². The first kappa shape index (κ1) is 46.5. The summed E-state index contributed by atoms with van der Waals surface area (Å²) in [7, 11) is 1.94. The van der Waals surface area contributed by atoms with Crippen LogP contribution in [0.4, 0.5) is 0 Å². The predicted octanol–water partition coefficient (Wildman–Crippen LogP) is 13.9. The maximum absolute atomic E-state index is 12.4. The van der Waals surface area contributed by atoms with Crippen LogP contribution in [0.15, 0.2) is 48.6 Å². The van der Waals surface area contributed by atoms with Gasteiger partial charge in [0, 0.05) is 6.42 Å². The van der Waals surface area contributed by atoms with Gasteiger partial charge in [-0.2, -0.15) is 0 Å². The molecular weight excluding hydrogens is 562 g/mol. The molecule has 0 bridgehead atoms. The Morgan fingerprint density at radius 2 is 0.891 bits per heavy atom. The maximum atomic E-state index is 12.4. The number of carbonyl (C=O) groups is 1. The van der Waals surface area contributed by atoms with Crippen LogP contribution < -0.4 is 5.32 Å². The molecule has 0 heterocycles. The molecule has 0 atom stereocenters. The summed E-state index contributed by atoms with van der Waals surface area (Å²) in [5.74, 6) is -0.00433. The van der Waals surface area contributed by atoms with Crippen molar-refractivity contribution < 1.29 is 9.53 Å². The molecule has 0 aromatic heterocycles. The Hall–Kier alpha value is -1.61. The number of esters is 1. The lowest BCUT2D eigenvalue weighted by Crippen LogP contribution is -2.19. The van der Waals surface area contributed by atoms with Crippen molar-refractivity contribution in [2.75, 3.05) is 13.6 Å². The summed E-state index contributed by atoms with van der Waals surface area (Å²) < 4.78 is 5.95. The Morgan fingerprint density at radius 3 is 1.28 bits per heavy atom. The standard InChI is InChI=1S/C42H77NO2.CH4/c1-4-6-8-10-12-14-16-18-20-22-24-26-28-30-32-34-37-41(45-42(44)39-36-40-43-3)38-35-33-31-29-27-25-23-21-19-17-15-13-11-9-7-5-2;/h12-15,18-21,41,43H,4-11,16-17,22-40H2,1-3H3;1H4/b14-12-,15-13-,20-18-,21-19-;. The van der Waals surface area contributed by atoms with E-state index in [-0.39, 0.29) is 19.5 Å². The van der Waals surface area contributed by atoms with Gasteiger partial charge in [-0.15, -0.1) is 0 Å². The van der Waals surface area contributed by atoms with E-state index in [1.54, 1.807) is 0 Å². The topological polar surface area (TPSA) is 38.3 Å². The molecule has 0 unspecified atom stereocenters. The zero-order valence-electron chi connectivity index (χ0n) is 30.5. The van der Waals surface area contributed by atoms with Gasteiger partial charge in [0.15, 0.2) is 0 Å². The Kier molecular flexibility index (Phi) is 41.9. The number of unbranched alkanes of at least 4 members (excludes halogenated alkanes) is 18. The molecular formula is C43H81NO2. The van der Waals surface area contributed by atoms with Crippen molar-refractivity contribution in [3.63, 3.8) is 0 Å². The van der Waals surface area contributed by atoms with Crippen molar-refractivity contribution in [1.29, 1.82) is 0 Å². The fourth-order valence-corrected chi connectivity index (χ4v) is 5.64. The average molecular weight is 644 g/mol. The molecule has 0 saturated carbocycles. The van der Waals surface area contributed by atoms with Crippen LogP contribution in [0, 0.1) is 0 Å². The van der Waals surface area contributed by atoms with Crippen LogP contribution in [0.25, 0.3) is 0 Å². The van der Waals surface area contributed by atoms with Crippen molar-refractivity contribution in [3.05, 3.63) is 48.6 Å². The fraction of sp³-hybridized carbons (Fsp3) is 0.791. The van der Waals surface area contributed by atoms with Crippen LogP contribution >= 0.6 is 0 Å². The first-order chi connectivity index (χ1) is 22.2. The molecule has 0 fully saturated rings. The molecule has 46 heavy (non-hydrogen) atoms. The van der Waals surface area contributed by atoms with Crippen molar-refractivity contribution in [2.45, 2.75) is 207 Å². The zero-order chi connectivity index (χ0) is 32.7. The first-order valence-corrected chi connectivity index (χ1v) is 19.7. The SMILES string of the molecule is C.CCCCC/C=C\C/C=C\CCCCCCCCC(CCCCCCCC/C=C\C/C=C\CCCCC)OC(=O)CCCNC. The van der Waals surface area contributed by atoms with Gasteiger partial charge < -0.3 is 10.1 Å². The molecule has 0 aromatic rings. The second-order valence-corrected chi connectivity index (χ2v) is 13.1. The lowest BCUT2D eigenvalue weighted by atomic mass is 10.0. The van der Waals surface area contributed by atoms with Crippen molar-refractivity contribution >= 4 is 5.97 Å². The smallest absolute Gasteiger partial charge is 0.306 e. The summed E-state index contributed by atoms with van der Waals surface area (Å²) in [5, 5.41) is 3.13. The van der Waals surface area contributed by atoms with E-state index in [1.807, 2.05) is 7.05 Å². The van der Waals surface area contributed by atoms with Gasteiger partial charge in [-0.25, -0.2) is 0 Å². The summed E-state index contributed by atoms with van der Waals surface area (Å²) in [6, 6.07) is 0. The van der Waals surface area contributed by atoms with Gasteiger partial charge in [-0.05, 0) is 110 Å². The number of allylic oxidation sites excluding steroid dienone is 8. The van der Waals surface area contributed by atoms with Gasteiger partial charge in [0.2, 0.25) is 0 Å². The average Bonchev–Trinajstić information content (AvgIpc) is 3.04. The van der Waals surface area contributed by atoms with Crippen molar-refractivity contribution in [3.8, 4) is 0 Å². The van der Waals surface area contributed by atoms with E-state index in [4.69, 9.17) is 4.74 Å². The molecule has 3 nitrogen and oxygen atoms in total. The molecule has 270 valence electrons. The van der Waals surface area contributed by atoms with E-state index in [0.29, 0.717) is 6.42 Å². The van der Waals surface area contributed by atoms with E-state index in [1.165, 1.54) is 141 Å². The highest BCUT2D eigenvalue weighted by atomic mass is 16.5. The number of hydrogen-bond donors (Lipinski definition) is 1. The maximum Gasteiger partial charge on any atom is 0.306 e. The van der Waals surface area contributed by atoms with Crippen molar-refractivity contribution in [2.24, 2.45) is 0 Å². The fourth-order valence-electron chi connectivity index (χ4n) is 5.64. The van der Waals surface area contributed by atoms with Crippen LogP contribution in [-0.2, 0) is 9.53 Å². The third kappa shape index (κ3) is 38.6. The lowest BCUT2D eigenvalue weighted by molar-refractivity contribution is -0.150. The highest BCUT2D eigenvalue weighted by molar-refractivity contribution is 5.69. The second-order valence-electron chi connectivity index (χ2n) is 13.1. The van der Waals surface area contributed by atoms with E-state index in [0.717, 1.165) is 38.6 Å². The van der Waals surface area contributed by atoms with E-state index in [2.05, 4.69) is 67.8 Å². The minimum absolute atomic E-state index is 0. The van der Waals surface area contributed by atoms with Crippen LogP contribution in [0.2, 0.25) is 0 Å². The molecule has 0 spiro atoms. The van der Waals surface area contributed by atoms with Crippen LogP contribution in [-0.4, -0.2) is 25.7 Å². The van der Waals surface area contributed by atoms with Crippen LogP contribution in [0.1, 0.15) is 201 Å². The molecule has 1 N–H and O–H groups in total. The number of hydrogen-bond acceptors (Lipinski definition) is 3. The summed E-state index contributed by atoms with van der Waals surface area (Å²) in [4.78, 5) is 12.4. The number of rotatable bonds is 35. The van der Waals surface area contributed by atoms with Gasteiger partial charge in [-0.1, -0.05) is 147 Å². The van der Waals surface area contributed by atoms with Gasteiger partial charge in [0.25, 0.3) is 0 Å². The molecule has 3 heteroatoms. The molecule has 0 aliphatic heterocycles. The largest absolute Gasteiger partial charge is 0.462 e. The lowest BCUT2D eigenvalue weighted by Gasteiger charge is -2.18. The molecule has 0 saturated heterocycles. The summed E-state index contributed by atoms with van der Waals surface area (Å²) in [6.07, 6.45) is 52.7. The Bertz CT molecular complexity index is 660. The minimum atomic E-state index is -0.00433. The molecule has 0 amide bonds. The third-order valence-electron chi connectivity index (χ3n) is 8.56. The Labute approximate surface area is 289 Å². The molecule has 0 aromatic carbocycles. The monoisotopic (exact) mass is 644 g/mol. The predicted molar refractivity (Wildman–Crippen MR) is 208 cm³/mol. The van der Waals surface area contributed by atoms with Crippen molar-refractivity contribution in [1.82, 2.24) is 5.32 Å². The van der Waals surface area contributed by atoms with E-state index < -0.39 is 0 Å². The molecule has 0 rings (SSSR count). The third-order valence-corrected chi connectivity index (χ3v) is 8.56. The minimum Gasteiger partial charge on any atom is -0.462 e. The van der Waals surface area contributed by atoms with Gasteiger partial charge >= 0.3 is 5.97 Å². The first-order valence-electron chi connectivity index (χ1n) is 19.7. The number of carbonyl (C=O) groups excluding carboxylic acids is 1. The normalized spacial score (nSPS) is 12.0. The summed E-state index contributed by atoms with van der Waals surface area (Å²) in [5.41, 5.74) is 0. The van der Waals surface area contributed by atoms with Gasteiger partial charge in [0.05, 0.1) is 0 Å². The molecule has 0 aliphatic carbocycles. The van der Waals surface area contributed by atoms with E-state index in [9.17, 15) is 4.79 Å². The molecule has 0 aliphatic rings. The second kappa shape index (κ2) is 41.4. The van der Waals surface area contributed by atoms with E-state index >= 15 is 0 Å². The highest BCUT2D eigenvalue weighted by Gasteiger charge is 2.14. The molecule has 0 radical (unpaired) electrons. The quantitative estimate of drug-likeness (QED) is 0.0424. The van der Waals surface area contributed by atoms with Crippen LogP contribution in [0.3, 0.4) is 0 Å². The Morgan fingerprint density at radius 1 is 0.522 bits per heavy atom. The van der Waals surface area contributed by atoms with Crippen LogP contribution in [0.5, 0.6) is 0 Å². The zero-order valence-corrected chi connectivity index (χ0v) is 30.5.